The minimum absolute atomic E-state index is 0.0946. The van der Waals surface area contributed by atoms with Gasteiger partial charge in [-0.05, 0) is 36.8 Å². The van der Waals surface area contributed by atoms with E-state index in [9.17, 15) is 9.59 Å². The second-order valence-electron chi connectivity index (χ2n) is 6.61. The summed E-state index contributed by atoms with van der Waals surface area (Å²) in [5, 5.41) is 6.24. The van der Waals surface area contributed by atoms with Gasteiger partial charge < -0.3 is 10.6 Å². The number of carbonyl (C=O) groups is 2. The number of para-hydroxylation sites is 1. The highest BCUT2D eigenvalue weighted by molar-refractivity contribution is 8.15. The summed E-state index contributed by atoms with van der Waals surface area (Å²) in [5.74, 6) is 0.748. The van der Waals surface area contributed by atoms with E-state index in [0.29, 0.717) is 27.7 Å². The van der Waals surface area contributed by atoms with Crippen molar-refractivity contribution >= 4 is 46.0 Å². The average Bonchev–Trinajstić information content (AvgIpc) is 3.27. The number of benzene rings is 1. The lowest BCUT2D eigenvalue weighted by Crippen LogP contribution is -2.28. The van der Waals surface area contributed by atoms with Crippen LogP contribution in [0.4, 0.5) is 5.69 Å². The summed E-state index contributed by atoms with van der Waals surface area (Å²) in [4.78, 5) is 29.1. The first kappa shape index (κ1) is 16.7. The highest BCUT2D eigenvalue weighted by atomic mass is 35.5. The Balaban J connectivity index is 1.35. The van der Waals surface area contributed by atoms with Gasteiger partial charge in [0.15, 0.2) is 5.17 Å². The fraction of sp³-hybridized carbons (Fsp3) is 0.389. The first-order valence-corrected chi connectivity index (χ1v) is 9.62. The SMILES string of the molecule is O=C(C[C@H]1SC(=N[C@H]2C[C@H]3C=C[C@H]2C3)NC1=O)Nc1ccccc1Cl. The largest absolute Gasteiger partial charge is 0.325 e. The van der Waals surface area contributed by atoms with Gasteiger partial charge in [0, 0.05) is 6.42 Å². The number of amidine groups is 1. The number of allylic oxidation sites excluding steroid dienone is 1. The quantitative estimate of drug-likeness (QED) is 0.794. The van der Waals surface area contributed by atoms with Crippen molar-refractivity contribution in [1.82, 2.24) is 5.32 Å². The highest BCUT2D eigenvalue weighted by Gasteiger charge is 2.38. The summed E-state index contributed by atoms with van der Waals surface area (Å²) in [6.07, 6.45) is 6.82. The maximum absolute atomic E-state index is 12.2. The lowest BCUT2D eigenvalue weighted by molar-refractivity contribution is -0.122. The van der Waals surface area contributed by atoms with Crippen LogP contribution in [0.5, 0.6) is 0 Å². The van der Waals surface area contributed by atoms with Crippen molar-refractivity contribution in [3.8, 4) is 0 Å². The van der Waals surface area contributed by atoms with Crippen LogP contribution in [0.2, 0.25) is 5.02 Å². The predicted octanol–water partition coefficient (Wildman–Crippen LogP) is 3.22. The molecule has 2 bridgehead atoms. The summed E-state index contributed by atoms with van der Waals surface area (Å²) in [6, 6.07) is 7.30. The molecule has 2 amide bonds. The van der Waals surface area contributed by atoms with E-state index in [1.807, 2.05) is 0 Å². The van der Waals surface area contributed by atoms with Gasteiger partial charge in [0.1, 0.15) is 5.25 Å². The third-order valence-corrected chi connectivity index (χ3v) is 6.25. The van der Waals surface area contributed by atoms with Crippen LogP contribution < -0.4 is 10.6 Å². The maximum atomic E-state index is 12.2. The van der Waals surface area contributed by atoms with Crippen molar-refractivity contribution < 1.29 is 9.59 Å². The van der Waals surface area contributed by atoms with Crippen LogP contribution in [0.15, 0.2) is 41.4 Å². The number of fused-ring (bicyclic) bond motifs is 2. The van der Waals surface area contributed by atoms with Gasteiger partial charge in [0.25, 0.3) is 0 Å². The van der Waals surface area contributed by atoms with Crippen molar-refractivity contribution in [2.75, 3.05) is 5.32 Å². The van der Waals surface area contributed by atoms with Gasteiger partial charge in [-0.1, -0.05) is 47.6 Å². The molecule has 1 aliphatic heterocycles. The molecule has 1 saturated carbocycles. The number of nitrogens with zero attached hydrogens (tertiary/aromatic N) is 1. The van der Waals surface area contributed by atoms with E-state index in [-0.39, 0.29) is 24.3 Å². The number of anilines is 1. The molecule has 1 saturated heterocycles. The molecule has 25 heavy (non-hydrogen) atoms. The monoisotopic (exact) mass is 375 g/mol. The molecule has 1 heterocycles. The minimum atomic E-state index is -0.449. The third kappa shape index (κ3) is 3.60. The minimum Gasteiger partial charge on any atom is -0.325 e. The molecule has 3 aliphatic rings. The van der Waals surface area contributed by atoms with E-state index in [0.717, 1.165) is 6.42 Å². The fourth-order valence-electron chi connectivity index (χ4n) is 3.58. The summed E-state index contributed by atoms with van der Waals surface area (Å²) < 4.78 is 0. The molecule has 1 aromatic rings. The van der Waals surface area contributed by atoms with Gasteiger partial charge in [-0.2, -0.15) is 0 Å². The highest BCUT2D eigenvalue weighted by Crippen LogP contribution is 2.41. The van der Waals surface area contributed by atoms with E-state index < -0.39 is 5.25 Å². The summed E-state index contributed by atoms with van der Waals surface area (Å²) in [7, 11) is 0. The molecule has 0 spiro atoms. The van der Waals surface area contributed by atoms with Crippen molar-refractivity contribution in [3.63, 3.8) is 0 Å². The zero-order chi connectivity index (χ0) is 17.4. The molecule has 0 radical (unpaired) electrons. The Morgan fingerprint density at radius 2 is 2.16 bits per heavy atom. The van der Waals surface area contributed by atoms with E-state index in [1.165, 1.54) is 18.2 Å². The van der Waals surface area contributed by atoms with Gasteiger partial charge >= 0.3 is 0 Å². The van der Waals surface area contributed by atoms with Gasteiger partial charge in [-0.15, -0.1) is 0 Å². The Labute approximate surface area is 155 Å². The van der Waals surface area contributed by atoms with Crippen molar-refractivity contribution in [3.05, 3.63) is 41.4 Å². The predicted molar refractivity (Wildman–Crippen MR) is 101 cm³/mol. The van der Waals surface area contributed by atoms with Gasteiger partial charge in [-0.25, -0.2) is 0 Å². The molecule has 4 atom stereocenters. The van der Waals surface area contributed by atoms with Crippen LogP contribution in [0.25, 0.3) is 0 Å². The zero-order valence-electron chi connectivity index (χ0n) is 13.4. The van der Waals surface area contributed by atoms with Crippen LogP contribution in [0, 0.1) is 11.8 Å². The molecule has 130 valence electrons. The van der Waals surface area contributed by atoms with Crippen molar-refractivity contribution in [1.29, 1.82) is 0 Å². The number of hydrogen-bond acceptors (Lipinski definition) is 4. The molecule has 0 unspecified atom stereocenters. The van der Waals surface area contributed by atoms with Crippen LogP contribution in [-0.2, 0) is 9.59 Å². The Kier molecular flexibility index (Phi) is 4.56. The summed E-state index contributed by atoms with van der Waals surface area (Å²) in [6.45, 7) is 0. The van der Waals surface area contributed by atoms with Gasteiger partial charge in [0.05, 0.1) is 16.8 Å². The number of nitrogens with one attached hydrogen (secondary N) is 2. The van der Waals surface area contributed by atoms with Gasteiger partial charge in [-0.3, -0.25) is 14.6 Å². The van der Waals surface area contributed by atoms with Crippen LogP contribution in [0.1, 0.15) is 19.3 Å². The summed E-state index contributed by atoms with van der Waals surface area (Å²) in [5.41, 5.74) is 0.556. The molecule has 7 heteroatoms. The number of rotatable bonds is 4. The van der Waals surface area contributed by atoms with E-state index >= 15 is 0 Å². The number of amides is 2. The molecule has 0 aromatic heterocycles. The molecule has 4 rings (SSSR count). The Hall–Kier alpha value is -1.79. The number of hydrogen-bond donors (Lipinski definition) is 2. The lowest BCUT2D eigenvalue weighted by atomic mass is 10.0. The molecular weight excluding hydrogens is 358 g/mol. The lowest BCUT2D eigenvalue weighted by Gasteiger charge is -2.13. The standard InChI is InChI=1S/C18H18ClN3O2S/c19-12-3-1-2-4-13(12)20-16(23)9-15-17(24)22-18(25-15)21-14-8-10-5-6-11(14)7-10/h1-6,10-11,14-15H,7-9H2,(H,20,23)(H,21,22,24)/t10-,11-,14-,15+/m0/s1. The second-order valence-corrected chi connectivity index (χ2v) is 8.21. The molecule has 2 aliphatic carbocycles. The third-order valence-electron chi connectivity index (χ3n) is 4.82. The number of halogens is 1. The van der Waals surface area contributed by atoms with Crippen LogP contribution >= 0.6 is 23.4 Å². The van der Waals surface area contributed by atoms with Crippen LogP contribution in [-0.4, -0.2) is 28.3 Å². The fourth-order valence-corrected chi connectivity index (χ4v) is 4.79. The molecular formula is C18H18ClN3O2S. The zero-order valence-corrected chi connectivity index (χ0v) is 15.0. The topological polar surface area (TPSA) is 70.6 Å². The number of aliphatic imine (C=N–C) groups is 1. The maximum Gasteiger partial charge on any atom is 0.240 e. The van der Waals surface area contributed by atoms with Crippen LogP contribution in [0.3, 0.4) is 0 Å². The number of carbonyl (C=O) groups excluding carboxylic acids is 2. The average molecular weight is 376 g/mol. The van der Waals surface area contributed by atoms with E-state index in [4.69, 9.17) is 16.6 Å². The van der Waals surface area contributed by atoms with E-state index in [2.05, 4.69) is 22.8 Å². The van der Waals surface area contributed by atoms with Crippen molar-refractivity contribution in [2.24, 2.45) is 16.8 Å². The Morgan fingerprint density at radius 1 is 1.32 bits per heavy atom. The number of thioether (sulfide) groups is 1. The molecule has 2 fully saturated rings. The smallest absolute Gasteiger partial charge is 0.240 e. The van der Waals surface area contributed by atoms with Crippen molar-refractivity contribution in [2.45, 2.75) is 30.6 Å². The second kappa shape index (κ2) is 6.84. The molecule has 2 N–H and O–H groups in total. The molecule has 5 nitrogen and oxygen atoms in total. The summed E-state index contributed by atoms with van der Waals surface area (Å²) >= 11 is 7.39. The normalized spacial score (nSPS) is 31.6. The Morgan fingerprint density at radius 3 is 2.88 bits per heavy atom. The molecule has 1 aromatic carbocycles. The first-order chi connectivity index (χ1) is 12.1. The Bertz CT molecular complexity index is 779. The van der Waals surface area contributed by atoms with Gasteiger partial charge in [0.2, 0.25) is 11.8 Å². The van der Waals surface area contributed by atoms with E-state index in [1.54, 1.807) is 24.3 Å². The first-order valence-electron chi connectivity index (χ1n) is 8.36.